The minimum Gasteiger partial charge on any atom is -0.493 e. The summed E-state index contributed by atoms with van der Waals surface area (Å²) in [6, 6.07) is 3.87. The molecule has 0 radical (unpaired) electrons. The Morgan fingerprint density at radius 1 is 1.61 bits per heavy atom. The van der Waals surface area contributed by atoms with Crippen LogP contribution in [0.4, 0.5) is 0 Å². The quantitative estimate of drug-likeness (QED) is 0.862. The summed E-state index contributed by atoms with van der Waals surface area (Å²) in [5.41, 5.74) is 1.94. The van der Waals surface area contributed by atoms with Crippen LogP contribution in [0.2, 0.25) is 0 Å². The predicted molar refractivity (Wildman–Crippen MR) is 69.7 cm³/mol. The molecule has 4 nitrogen and oxygen atoms in total. The Hall–Kier alpha value is -1.07. The first-order valence-corrected chi connectivity index (χ1v) is 6.70. The number of esters is 1. The van der Waals surface area contributed by atoms with Crippen LogP contribution in [0.15, 0.2) is 16.6 Å². The molecule has 1 N–H and O–H groups in total. The Kier molecular flexibility index (Phi) is 4.24. The Balaban J connectivity index is 2.17. The molecule has 1 aromatic carbocycles. The molecule has 0 saturated carbocycles. The SMILES string of the molecule is CCOC(=O)C(O)Cc1cc(Br)cc2c1OCC2. The molecule has 0 bridgehead atoms. The van der Waals surface area contributed by atoms with Crippen LogP contribution >= 0.6 is 15.9 Å². The summed E-state index contributed by atoms with van der Waals surface area (Å²) in [5, 5.41) is 9.78. The molecule has 98 valence electrons. The van der Waals surface area contributed by atoms with Crippen LogP contribution in [0, 0.1) is 0 Å². The van der Waals surface area contributed by atoms with E-state index in [1.165, 1.54) is 0 Å². The largest absolute Gasteiger partial charge is 0.493 e. The average molecular weight is 315 g/mol. The first-order valence-electron chi connectivity index (χ1n) is 5.90. The Morgan fingerprint density at radius 3 is 3.11 bits per heavy atom. The van der Waals surface area contributed by atoms with E-state index < -0.39 is 12.1 Å². The maximum atomic E-state index is 11.4. The van der Waals surface area contributed by atoms with E-state index in [1.807, 2.05) is 12.1 Å². The minimum absolute atomic E-state index is 0.209. The molecule has 2 rings (SSSR count). The van der Waals surface area contributed by atoms with Crippen molar-refractivity contribution in [1.82, 2.24) is 0 Å². The molecule has 1 aliphatic heterocycles. The number of carbonyl (C=O) groups excluding carboxylic acids is 1. The summed E-state index contributed by atoms with van der Waals surface area (Å²) in [6.45, 7) is 2.63. The summed E-state index contributed by atoms with van der Waals surface area (Å²) in [7, 11) is 0. The highest BCUT2D eigenvalue weighted by Gasteiger charge is 2.23. The third-order valence-corrected chi connectivity index (χ3v) is 3.26. The predicted octanol–water partition coefficient (Wildman–Crippen LogP) is 1.85. The zero-order chi connectivity index (χ0) is 13.1. The zero-order valence-electron chi connectivity index (χ0n) is 10.1. The van der Waals surface area contributed by atoms with Gasteiger partial charge in [0.05, 0.1) is 13.2 Å². The number of carbonyl (C=O) groups is 1. The number of aliphatic hydroxyl groups excluding tert-OH is 1. The number of ether oxygens (including phenoxy) is 2. The second kappa shape index (κ2) is 5.71. The van der Waals surface area contributed by atoms with Crippen LogP contribution in [-0.4, -0.2) is 30.4 Å². The second-order valence-electron chi connectivity index (χ2n) is 4.12. The molecule has 5 heteroatoms. The standard InChI is InChI=1S/C13H15BrO4/c1-2-17-13(16)11(15)7-9-6-10(14)5-8-3-4-18-12(8)9/h5-6,11,15H,2-4,7H2,1H3. The van der Waals surface area contributed by atoms with Crippen molar-refractivity contribution in [2.45, 2.75) is 25.9 Å². The molecular weight excluding hydrogens is 300 g/mol. The van der Waals surface area contributed by atoms with Gasteiger partial charge in [0.1, 0.15) is 5.75 Å². The molecule has 0 fully saturated rings. The van der Waals surface area contributed by atoms with Crippen molar-refractivity contribution >= 4 is 21.9 Å². The Labute approximate surface area is 114 Å². The van der Waals surface area contributed by atoms with E-state index >= 15 is 0 Å². The molecule has 0 aromatic heterocycles. The maximum Gasteiger partial charge on any atom is 0.335 e. The van der Waals surface area contributed by atoms with Crippen molar-refractivity contribution in [3.8, 4) is 5.75 Å². The molecule has 1 atom stereocenters. The Bertz CT molecular complexity index is 459. The molecule has 1 aromatic rings. The minimum atomic E-state index is -1.15. The van der Waals surface area contributed by atoms with Crippen LogP contribution in [0.1, 0.15) is 18.1 Å². The Morgan fingerprint density at radius 2 is 2.39 bits per heavy atom. The van der Waals surface area contributed by atoms with Crippen LogP contribution in [0.5, 0.6) is 5.75 Å². The molecule has 0 saturated heterocycles. The number of benzene rings is 1. The number of fused-ring (bicyclic) bond motifs is 1. The van der Waals surface area contributed by atoms with Gasteiger partial charge < -0.3 is 14.6 Å². The van der Waals surface area contributed by atoms with Crippen LogP contribution in [-0.2, 0) is 22.4 Å². The zero-order valence-corrected chi connectivity index (χ0v) is 11.7. The van der Waals surface area contributed by atoms with Gasteiger partial charge in [-0.2, -0.15) is 0 Å². The average Bonchev–Trinajstić information content (AvgIpc) is 2.77. The van der Waals surface area contributed by atoms with Gasteiger partial charge >= 0.3 is 5.97 Å². The first-order chi connectivity index (χ1) is 8.61. The van der Waals surface area contributed by atoms with E-state index in [0.29, 0.717) is 6.61 Å². The highest BCUT2D eigenvalue weighted by Crippen LogP contribution is 2.33. The fraction of sp³-hybridized carbons (Fsp3) is 0.462. The van der Waals surface area contributed by atoms with E-state index in [-0.39, 0.29) is 13.0 Å². The van der Waals surface area contributed by atoms with Gasteiger partial charge in [-0.25, -0.2) is 4.79 Å². The lowest BCUT2D eigenvalue weighted by Crippen LogP contribution is -2.25. The fourth-order valence-electron chi connectivity index (χ4n) is 2.03. The molecule has 1 unspecified atom stereocenters. The summed E-state index contributed by atoms with van der Waals surface area (Å²) < 4.78 is 11.3. The fourth-order valence-corrected chi connectivity index (χ4v) is 2.58. The van der Waals surface area contributed by atoms with Crippen LogP contribution < -0.4 is 4.74 Å². The number of halogens is 1. The van der Waals surface area contributed by atoms with E-state index in [9.17, 15) is 9.90 Å². The van der Waals surface area contributed by atoms with Crippen molar-refractivity contribution in [3.05, 3.63) is 27.7 Å². The van der Waals surface area contributed by atoms with Crippen molar-refractivity contribution in [2.24, 2.45) is 0 Å². The van der Waals surface area contributed by atoms with Crippen molar-refractivity contribution < 1.29 is 19.4 Å². The van der Waals surface area contributed by atoms with Gasteiger partial charge in [-0.1, -0.05) is 15.9 Å². The molecule has 0 aliphatic carbocycles. The highest BCUT2D eigenvalue weighted by atomic mass is 79.9. The van der Waals surface area contributed by atoms with E-state index in [1.54, 1.807) is 6.92 Å². The molecule has 1 heterocycles. The molecular formula is C13H15BrO4. The molecule has 18 heavy (non-hydrogen) atoms. The lowest BCUT2D eigenvalue weighted by atomic mass is 10.0. The summed E-state index contributed by atoms with van der Waals surface area (Å²) >= 11 is 3.42. The number of hydrogen-bond acceptors (Lipinski definition) is 4. The lowest BCUT2D eigenvalue weighted by molar-refractivity contribution is -0.152. The summed E-state index contributed by atoms with van der Waals surface area (Å²) in [5.74, 6) is 0.200. The van der Waals surface area contributed by atoms with Crippen LogP contribution in [0.3, 0.4) is 0 Å². The van der Waals surface area contributed by atoms with Gasteiger partial charge in [0, 0.05) is 17.3 Å². The lowest BCUT2D eigenvalue weighted by Gasteiger charge is -2.13. The number of hydrogen-bond donors (Lipinski definition) is 1. The first kappa shape index (κ1) is 13.4. The normalized spacial score (nSPS) is 14.8. The van der Waals surface area contributed by atoms with E-state index in [0.717, 1.165) is 27.8 Å². The number of rotatable bonds is 4. The third kappa shape index (κ3) is 2.84. The van der Waals surface area contributed by atoms with Gasteiger partial charge in [-0.3, -0.25) is 0 Å². The van der Waals surface area contributed by atoms with Crippen LogP contribution in [0.25, 0.3) is 0 Å². The van der Waals surface area contributed by atoms with Crippen molar-refractivity contribution in [3.63, 3.8) is 0 Å². The molecule has 0 spiro atoms. The van der Waals surface area contributed by atoms with Crippen molar-refractivity contribution in [1.29, 1.82) is 0 Å². The summed E-state index contributed by atoms with van der Waals surface area (Å²) in [4.78, 5) is 11.4. The second-order valence-corrected chi connectivity index (χ2v) is 5.04. The topological polar surface area (TPSA) is 55.8 Å². The highest BCUT2D eigenvalue weighted by molar-refractivity contribution is 9.10. The van der Waals surface area contributed by atoms with Gasteiger partial charge in [-0.15, -0.1) is 0 Å². The summed E-state index contributed by atoms with van der Waals surface area (Å²) in [6.07, 6.45) is -0.0784. The smallest absolute Gasteiger partial charge is 0.335 e. The number of aliphatic hydroxyl groups is 1. The van der Waals surface area contributed by atoms with Gasteiger partial charge in [-0.05, 0) is 30.2 Å². The van der Waals surface area contributed by atoms with Crippen molar-refractivity contribution in [2.75, 3.05) is 13.2 Å². The van der Waals surface area contributed by atoms with Gasteiger partial charge in [0.15, 0.2) is 6.10 Å². The monoisotopic (exact) mass is 314 g/mol. The van der Waals surface area contributed by atoms with Gasteiger partial charge in [0.2, 0.25) is 0 Å². The third-order valence-electron chi connectivity index (χ3n) is 2.80. The van der Waals surface area contributed by atoms with Gasteiger partial charge in [0.25, 0.3) is 0 Å². The van der Waals surface area contributed by atoms with E-state index in [4.69, 9.17) is 9.47 Å². The molecule has 0 amide bonds. The van der Waals surface area contributed by atoms with E-state index in [2.05, 4.69) is 15.9 Å². The molecule has 1 aliphatic rings. The maximum absolute atomic E-state index is 11.4.